The van der Waals surface area contributed by atoms with Gasteiger partial charge in [0.25, 0.3) is 0 Å². The molecule has 0 bridgehead atoms. The molecule has 1 aliphatic rings. The van der Waals surface area contributed by atoms with Crippen molar-refractivity contribution in [3.8, 4) is 0 Å². The molecule has 13 nitrogen and oxygen atoms in total. The molecule has 4 aromatic rings. The first-order valence-electron chi connectivity index (χ1n) is 13.4. The molecule has 4 heterocycles. The second-order valence-electron chi connectivity index (χ2n) is 9.14. The highest BCUT2D eigenvalue weighted by atomic mass is 16.6. The van der Waals surface area contributed by atoms with Gasteiger partial charge < -0.3 is 29.7 Å². The van der Waals surface area contributed by atoms with Gasteiger partial charge in [0.1, 0.15) is 29.8 Å². The first-order valence-corrected chi connectivity index (χ1v) is 13.4. The number of hydrogen-bond acceptors (Lipinski definition) is 11. The van der Waals surface area contributed by atoms with Crippen molar-refractivity contribution < 1.29 is 19.4 Å². The summed E-state index contributed by atoms with van der Waals surface area (Å²) in [4.78, 5) is 34.4. The van der Waals surface area contributed by atoms with Crippen molar-refractivity contribution in [2.45, 2.75) is 26.5 Å². The molecule has 0 atom stereocenters. The molecule has 1 aliphatic heterocycles. The highest BCUT2D eigenvalue weighted by molar-refractivity contribution is 5.90. The minimum atomic E-state index is -0.341. The Labute approximate surface area is 231 Å². The van der Waals surface area contributed by atoms with Crippen molar-refractivity contribution in [2.24, 2.45) is 0 Å². The van der Waals surface area contributed by atoms with Crippen LogP contribution in [0.1, 0.15) is 18.2 Å². The van der Waals surface area contributed by atoms with Crippen LogP contribution in [0.4, 0.5) is 22.4 Å². The third kappa shape index (κ3) is 6.43. The molecular weight excluding hydrogens is 514 g/mol. The van der Waals surface area contributed by atoms with E-state index in [1.807, 2.05) is 46.8 Å². The van der Waals surface area contributed by atoms with E-state index in [1.165, 1.54) is 6.33 Å². The molecule has 0 aliphatic carbocycles. The number of piperazine rings is 1. The minimum absolute atomic E-state index is 0.0602. The Morgan fingerprint density at radius 2 is 1.93 bits per heavy atom. The van der Waals surface area contributed by atoms with E-state index < -0.39 is 0 Å². The minimum Gasteiger partial charge on any atom is -0.445 e. The van der Waals surface area contributed by atoms with E-state index in [0.29, 0.717) is 86.7 Å². The standard InChI is InChI=1S/C27H33N9O4/c1-2-39-17-15-36-24-23(21(33-36)9-16-37)31-26(32-25(24)30-22-8-10-28-19-29-22)34-11-13-35(14-12-34)27(38)40-18-20-6-4-3-5-7-20/h3-8,10,19,37H,2,9,11-18H2,1H3,(H,28,29,30,31,32). The third-order valence-electron chi connectivity index (χ3n) is 6.50. The van der Waals surface area contributed by atoms with Gasteiger partial charge in [-0.3, -0.25) is 4.68 Å². The molecule has 1 amide bonds. The summed E-state index contributed by atoms with van der Waals surface area (Å²) in [5.41, 5.74) is 2.97. The number of aliphatic hydroxyl groups excluding tert-OH is 1. The predicted octanol–water partition coefficient (Wildman–Crippen LogP) is 2.39. The van der Waals surface area contributed by atoms with E-state index in [9.17, 15) is 9.90 Å². The maximum absolute atomic E-state index is 12.7. The van der Waals surface area contributed by atoms with E-state index in [4.69, 9.17) is 24.5 Å². The van der Waals surface area contributed by atoms with Gasteiger partial charge in [-0.05, 0) is 18.6 Å². The van der Waals surface area contributed by atoms with Crippen LogP contribution in [0.3, 0.4) is 0 Å². The molecule has 0 saturated carbocycles. The third-order valence-corrected chi connectivity index (χ3v) is 6.50. The van der Waals surface area contributed by atoms with E-state index >= 15 is 0 Å². The summed E-state index contributed by atoms with van der Waals surface area (Å²) in [7, 11) is 0. The fraction of sp³-hybridized carbons (Fsp3) is 0.407. The molecule has 210 valence electrons. The first kappa shape index (κ1) is 27.2. The number of carbonyl (C=O) groups is 1. The van der Waals surface area contributed by atoms with Crippen LogP contribution in [0.15, 0.2) is 48.9 Å². The van der Waals surface area contributed by atoms with Crippen molar-refractivity contribution in [2.75, 3.05) is 56.2 Å². The van der Waals surface area contributed by atoms with Crippen LogP contribution in [-0.2, 0) is 29.0 Å². The van der Waals surface area contributed by atoms with E-state index in [1.54, 1.807) is 17.2 Å². The molecule has 2 N–H and O–H groups in total. The Kier molecular flexibility index (Phi) is 8.93. The summed E-state index contributed by atoms with van der Waals surface area (Å²) in [5, 5.41) is 17.7. The average Bonchev–Trinajstić information content (AvgIpc) is 3.34. The van der Waals surface area contributed by atoms with Crippen LogP contribution in [0.5, 0.6) is 0 Å². The largest absolute Gasteiger partial charge is 0.445 e. The Morgan fingerprint density at radius 1 is 1.10 bits per heavy atom. The lowest BCUT2D eigenvalue weighted by molar-refractivity contribution is 0.0941. The second-order valence-corrected chi connectivity index (χ2v) is 9.14. The molecule has 0 spiro atoms. The predicted molar refractivity (Wildman–Crippen MR) is 148 cm³/mol. The lowest BCUT2D eigenvalue weighted by Crippen LogP contribution is -2.49. The molecule has 3 aromatic heterocycles. The van der Waals surface area contributed by atoms with Gasteiger partial charge in [-0.1, -0.05) is 30.3 Å². The van der Waals surface area contributed by atoms with Crippen molar-refractivity contribution in [1.82, 2.24) is 34.6 Å². The fourth-order valence-corrected chi connectivity index (χ4v) is 4.48. The fourth-order valence-electron chi connectivity index (χ4n) is 4.48. The molecule has 1 aromatic carbocycles. The molecule has 5 rings (SSSR count). The molecule has 1 saturated heterocycles. The molecule has 40 heavy (non-hydrogen) atoms. The number of anilines is 3. The van der Waals surface area contributed by atoms with Crippen LogP contribution in [0.25, 0.3) is 11.0 Å². The number of nitrogens with one attached hydrogen (secondary N) is 1. The number of hydrogen-bond donors (Lipinski definition) is 2. The van der Waals surface area contributed by atoms with Crippen LogP contribution in [0.2, 0.25) is 0 Å². The number of ether oxygens (including phenoxy) is 2. The van der Waals surface area contributed by atoms with Crippen molar-refractivity contribution in [1.29, 1.82) is 0 Å². The summed E-state index contributed by atoms with van der Waals surface area (Å²) in [6, 6.07) is 11.4. The normalized spacial score (nSPS) is 13.6. The highest BCUT2D eigenvalue weighted by Crippen LogP contribution is 2.29. The Hall–Kier alpha value is -4.36. The van der Waals surface area contributed by atoms with E-state index in [0.717, 1.165) is 5.56 Å². The molecule has 0 unspecified atom stereocenters. The van der Waals surface area contributed by atoms with Gasteiger partial charge in [0.15, 0.2) is 5.82 Å². The number of nitrogens with zero attached hydrogens (tertiary/aromatic N) is 8. The zero-order valence-electron chi connectivity index (χ0n) is 22.4. The Bertz CT molecular complexity index is 1390. The van der Waals surface area contributed by atoms with Crippen LogP contribution in [0, 0.1) is 0 Å². The summed E-state index contributed by atoms with van der Waals surface area (Å²) < 4.78 is 12.9. The number of amides is 1. The van der Waals surface area contributed by atoms with Gasteiger partial charge in [0.2, 0.25) is 5.95 Å². The number of aliphatic hydroxyl groups is 1. The Morgan fingerprint density at radius 3 is 2.65 bits per heavy atom. The number of benzene rings is 1. The van der Waals surface area contributed by atoms with Gasteiger partial charge in [0.05, 0.1) is 18.8 Å². The monoisotopic (exact) mass is 547 g/mol. The maximum Gasteiger partial charge on any atom is 0.410 e. The van der Waals surface area contributed by atoms with Gasteiger partial charge in [-0.2, -0.15) is 10.1 Å². The quantitative estimate of drug-likeness (QED) is 0.267. The Balaban J connectivity index is 1.38. The summed E-state index contributed by atoms with van der Waals surface area (Å²) >= 11 is 0. The number of aromatic nitrogens is 6. The van der Waals surface area contributed by atoms with Gasteiger partial charge in [-0.15, -0.1) is 0 Å². The van der Waals surface area contributed by atoms with Crippen molar-refractivity contribution >= 4 is 34.7 Å². The van der Waals surface area contributed by atoms with E-state index in [-0.39, 0.29) is 19.3 Å². The van der Waals surface area contributed by atoms with Gasteiger partial charge in [0, 0.05) is 52.0 Å². The second kappa shape index (κ2) is 13.1. The van der Waals surface area contributed by atoms with Crippen molar-refractivity contribution in [3.63, 3.8) is 0 Å². The topological polar surface area (TPSA) is 144 Å². The molecule has 0 radical (unpaired) electrons. The van der Waals surface area contributed by atoms with Crippen LogP contribution >= 0.6 is 0 Å². The maximum atomic E-state index is 12.7. The highest BCUT2D eigenvalue weighted by Gasteiger charge is 2.26. The molecule has 13 heteroatoms. The van der Waals surface area contributed by atoms with Gasteiger partial charge in [-0.25, -0.2) is 19.7 Å². The molecular formula is C27H33N9O4. The van der Waals surface area contributed by atoms with Crippen LogP contribution in [-0.4, -0.2) is 91.8 Å². The first-order chi connectivity index (χ1) is 19.7. The average molecular weight is 548 g/mol. The number of rotatable bonds is 11. The summed E-state index contributed by atoms with van der Waals surface area (Å²) in [6.45, 7) is 5.71. The summed E-state index contributed by atoms with van der Waals surface area (Å²) in [6.07, 6.45) is 3.12. The number of carbonyl (C=O) groups excluding carboxylic acids is 1. The lowest BCUT2D eigenvalue weighted by Gasteiger charge is -2.34. The lowest BCUT2D eigenvalue weighted by atomic mass is 10.2. The van der Waals surface area contributed by atoms with Crippen molar-refractivity contribution in [3.05, 3.63) is 60.2 Å². The zero-order chi connectivity index (χ0) is 27.7. The smallest absolute Gasteiger partial charge is 0.410 e. The van der Waals surface area contributed by atoms with Crippen LogP contribution < -0.4 is 10.2 Å². The van der Waals surface area contributed by atoms with E-state index in [2.05, 4.69) is 15.3 Å². The zero-order valence-corrected chi connectivity index (χ0v) is 22.4. The summed E-state index contributed by atoms with van der Waals surface area (Å²) in [5.74, 6) is 1.62. The SMILES string of the molecule is CCOCCn1nc(CCO)c2nc(N3CCN(C(=O)OCc4ccccc4)CC3)nc(Nc3ccncn3)c21. The molecule has 1 fully saturated rings. The number of fused-ring (bicyclic) bond motifs is 1. The van der Waals surface area contributed by atoms with Gasteiger partial charge >= 0.3 is 6.09 Å².